The lowest BCUT2D eigenvalue weighted by molar-refractivity contribution is 0.179. The van der Waals surface area contributed by atoms with Crippen molar-refractivity contribution in [1.29, 1.82) is 0 Å². The van der Waals surface area contributed by atoms with Crippen molar-refractivity contribution < 1.29 is 4.52 Å². The Labute approximate surface area is 108 Å². The van der Waals surface area contributed by atoms with Gasteiger partial charge in [0.2, 0.25) is 5.89 Å². The Morgan fingerprint density at radius 3 is 2.65 bits per heavy atom. The Morgan fingerprint density at radius 1 is 1.35 bits per heavy atom. The maximum Gasteiger partial charge on any atom is 0.240 e. The summed E-state index contributed by atoms with van der Waals surface area (Å²) in [7, 11) is 2.13. The topological polar surface area (TPSA) is 68.2 Å². The third-order valence-corrected chi connectivity index (χ3v) is 3.27. The summed E-state index contributed by atoms with van der Waals surface area (Å²) in [5, 5.41) is 3.91. The van der Waals surface area contributed by atoms with Crippen LogP contribution in [0.3, 0.4) is 0 Å². The molecule has 0 radical (unpaired) electrons. The van der Waals surface area contributed by atoms with Gasteiger partial charge in [0.1, 0.15) is 0 Å². The van der Waals surface area contributed by atoms with Crippen molar-refractivity contribution in [2.45, 2.75) is 51.2 Å². The molecule has 1 heterocycles. The van der Waals surface area contributed by atoms with Crippen LogP contribution in [0, 0.1) is 0 Å². The first-order valence-electron chi connectivity index (χ1n) is 6.01. The van der Waals surface area contributed by atoms with Gasteiger partial charge in [-0.05, 0) is 19.9 Å². The summed E-state index contributed by atoms with van der Waals surface area (Å²) >= 11 is 0. The van der Waals surface area contributed by atoms with Gasteiger partial charge in [-0.3, -0.25) is 4.90 Å². The Bertz CT molecular complexity index is 325. The zero-order chi connectivity index (χ0) is 11.4. The molecule has 1 aromatic heterocycles. The highest BCUT2D eigenvalue weighted by atomic mass is 35.5. The Balaban J connectivity index is 0.00000144. The highest BCUT2D eigenvalue weighted by molar-refractivity contribution is 5.85. The number of nitrogens with two attached hydrogens (primary N) is 1. The minimum Gasteiger partial charge on any atom is -0.338 e. The Kier molecular flexibility index (Phi) is 5.88. The number of halogens is 1. The van der Waals surface area contributed by atoms with Crippen LogP contribution in [0.5, 0.6) is 0 Å². The molecule has 1 aliphatic rings. The van der Waals surface area contributed by atoms with Crippen molar-refractivity contribution in [3.8, 4) is 0 Å². The van der Waals surface area contributed by atoms with Crippen LogP contribution in [0.15, 0.2) is 4.52 Å². The predicted octanol–water partition coefficient (Wildman–Crippen LogP) is 1.71. The van der Waals surface area contributed by atoms with Gasteiger partial charge in [-0.2, -0.15) is 4.98 Å². The fourth-order valence-electron chi connectivity index (χ4n) is 2.31. The number of hydrogen-bond donors (Lipinski definition) is 1. The number of aromatic nitrogens is 2. The fraction of sp³-hybridized carbons (Fsp3) is 0.818. The molecule has 0 aromatic carbocycles. The molecule has 17 heavy (non-hydrogen) atoms. The van der Waals surface area contributed by atoms with Gasteiger partial charge in [-0.25, -0.2) is 0 Å². The molecule has 0 bridgehead atoms. The fourth-order valence-corrected chi connectivity index (χ4v) is 2.31. The molecule has 0 amide bonds. The quantitative estimate of drug-likeness (QED) is 0.893. The molecule has 1 aliphatic carbocycles. The molecular formula is C11H21ClN4O. The highest BCUT2D eigenvalue weighted by Crippen LogP contribution is 2.22. The standard InChI is InChI=1S/C11H20N4O.ClH/c1-15(9-5-3-2-4-6-9)8-10-13-11(7-12)16-14-10;/h9H,2-8,12H2,1H3;1H. The molecule has 0 aliphatic heterocycles. The van der Waals surface area contributed by atoms with E-state index in [1.165, 1.54) is 32.1 Å². The third kappa shape index (κ3) is 3.94. The summed E-state index contributed by atoms with van der Waals surface area (Å²) in [4.78, 5) is 6.54. The molecule has 2 rings (SSSR count). The summed E-state index contributed by atoms with van der Waals surface area (Å²) < 4.78 is 4.99. The first kappa shape index (κ1) is 14.4. The lowest BCUT2D eigenvalue weighted by Crippen LogP contribution is -2.33. The number of nitrogens with zero attached hydrogens (tertiary/aromatic N) is 3. The van der Waals surface area contributed by atoms with E-state index in [2.05, 4.69) is 22.1 Å². The average Bonchev–Trinajstić information content (AvgIpc) is 2.78. The first-order valence-corrected chi connectivity index (χ1v) is 6.01. The van der Waals surface area contributed by atoms with Crippen LogP contribution in [-0.4, -0.2) is 28.1 Å². The van der Waals surface area contributed by atoms with Crippen LogP contribution in [0.2, 0.25) is 0 Å². The predicted molar refractivity (Wildman–Crippen MR) is 67.8 cm³/mol. The second-order valence-corrected chi connectivity index (χ2v) is 4.52. The maximum atomic E-state index is 5.43. The maximum absolute atomic E-state index is 5.43. The van der Waals surface area contributed by atoms with E-state index >= 15 is 0 Å². The van der Waals surface area contributed by atoms with Crippen molar-refractivity contribution in [2.75, 3.05) is 7.05 Å². The van der Waals surface area contributed by atoms with Crippen molar-refractivity contribution >= 4 is 12.4 Å². The second-order valence-electron chi connectivity index (χ2n) is 4.52. The lowest BCUT2D eigenvalue weighted by atomic mass is 9.94. The van der Waals surface area contributed by atoms with Crippen molar-refractivity contribution in [1.82, 2.24) is 15.0 Å². The first-order chi connectivity index (χ1) is 7.79. The van der Waals surface area contributed by atoms with Gasteiger partial charge in [-0.1, -0.05) is 24.4 Å². The van der Waals surface area contributed by atoms with Crippen LogP contribution in [0.1, 0.15) is 43.8 Å². The van der Waals surface area contributed by atoms with Crippen molar-refractivity contribution in [3.63, 3.8) is 0 Å². The molecule has 0 spiro atoms. The van der Waals surface area contributed by atoms with E-state index in [1.807, 2.05) is 0 Å². The lowest BCUT2D eigenvalue weighted by Gasteiger charge is -2.30. The van der Waals surface area contributed by atoms with E-state index in [0.29, 0.717) is 18.5 Å². The minimum absolute atomic E-state index is 0. The summed E-state index contributed by atoms with van der Waals surface area (Å²) in [6, 6.07) is 0.675. The van der Waals surface area contributed by atoms with Crippen LogP contribution >= 0.6 is 12.4 Å². The SMILES string of the molecule is CN(Cc1noc(CN)n1)C1CCCCC1.Cl. The van der Waals surface area contributed by atoms with E-state index in [-0.39, 0.29) is 12.4 Å². The number of rotatable bonds is 4. The smallest absolute Gasteiger partial charge is 0.240 e. The molecule has 1 saturated carbocycles. The minimum atomic E-state index is 0. The molecule has 0 atom stereocenters. The van der Waals surface area contributed by atoms with E-state index in [4.69, 9.17) is 10.3 Å². The summed E-state index contributed by atoms with van der Waals surface area (Å²) in [6.07, 6.45) is 6.64. The molecule has 0 saturated heterocycles. The Morgan fingerprint density at radius 2 is 2.06 bits per heavy atom. The van der Waals surface area contributed by atoms with Crippen LogP contribution in [-0.2, 0) is 13.1 Å². The monoisotopic (exact) mass is 260 g/mol. The van der Waals surface area contributed by atoms with Gasteiger partial charge in [0.15, 0.2) is 5.82 Å². The molecular weight excluding hydrogens is 240 g/mol. The number of hydrogen-bond acceptors (Lipinski definition) is 5. The third-order valence-electron chi connectivity index (χ3n) is 3.27. The van der Waals surface area contributed by atoms with Crippen LogP contribution < -0.4 is 5.73 Å². The largest absolute Gasteiger partial charge is 0.338 e. The normalized spacial score (nSPS) is 17.1. The molecule has 5 nitrogen and oxygen atoms in total. The summed E-state index contributed by atoms with van der Waals surface area (Å²) in [5.74, 6) is 1.26. The van der Waals surface area contributed by atoms with E-state index in [9.17, 15) is 0 Å². The molecule has 1 fully saturated rings. The molecule has 0 unspecified atom stereocenters. The summed E-state index contributed by atoms with van der Waals surface area (Å²) in [5.41, 5.74) is 5.43. The van der Waals surface area contributed by atoms with E-state index in [0.717, 1.165) is 12.4 Å². The molecule has 6 heteroatoms. The van der Waals surface area contributed by atoms with Gasteiger partial charge in [0.25, 0.3) is 0 Å². The molecule has 98 valence electrons. The van der Waals surface area contributed by atoms with Gasteiger partial charge in [0.05, 0.1) is 13.1 Å². The zero-order valence-electron chi connectivity index (χ0n) is 10.3. The van der Waals surface area contributed by atoms with E-state index < -0.39 is 0 Å². The highest BCUT2D eigenvalue weighted by Gasteiger charge is 2.19. The zero-order valence-corrected chi connectivity index (χ0v) is 11.1. The van der Waals surface area contributed by atoms with Crippen molar-refractivity contribution in [2.24, 2.45) is 5.73 Å². The van der Waals surface area contributed by atoms with Gasteiger partial charge in [-0.15, -0.1) is 12.4 Å². The average molecular weight is 261 g/mol. The van der Waals surface area contributed by atoms with E-state index in [1.54, 1.807) is 0 Å². The van der Waals surface area contributed by atoms with Crippen molar-refractivity contribution in [3.05, 3.63) is 11.7 Å². The Hall–Kier alpha value is -0.650. The van der Waals surface area contributed by atoms with Gasteiger partial charge < -0.3 is 10.3 Å². The van der Waals surface area contributed by atoms with Crippen LogP contribution in [0.25, 0.3) is 0 Å². The van der Waals surface area contributed by atoms with Gasteiger partial charge in [0, 0.05) is 6.04 Å². The second kappa shape index (κ2) is 6.93. The summed E-state index contributed by atoms with van der Waals surface area (Å²) in [6.45, 7) is 1.08. The molecule has 2 N–H and O–H groups in total. The van der Waals surface area contributed by atoms with Crippen LogP contribution in [0.4, 0.5) is 0 Å². The molecule has 1 aromatic rings. The van der Waals surface area contributed by atoms with Gasteiger partial charge >= 0.3 is 0 Å².